The summed E-state index contributed by atoms with van der Waals surface area (Å²) in [6.45, 7) is 4.05. The maximum atomic E-state index is 10.9. The standard InChI is InChI=1S/C6H14N2O2/c1-3-5-6(4-2)8(9)10-7-5/h5-8H,3-4H2,1-2H3. The molecule has 0 aromatic heterocycles. The van der Waals surface area contributed by atoms with E-state index in [1.165, 1.54) is 0 Å². The lowest BCUT2D eigenvalue weighted by Gasteiger charge is -2.18. The summed E-state index contributed by atoms with van der Waals surface area (Å²) in [5.74, 6) is 0. The van der Waals surface area contributed by atoms with Gasteiger partial charge in [0, 0.05) is 6.42 Å². The van der Waals surface area contributed by atoms with E-state index >= 15 is 0 Å². The highest BCUT2D eigenvalue weighted by Crippen LogP contribution is 2.02. The molecule has 3 unspecified atom stereocenters. The van der Waals surface area contributed by atoms with Crippen LogP contribution >= 0.6 is 0 Å². The third-order valence-corrected chi connectivity index (χ3v) is 1.98. The molecule has 1 fully saturated rings. The molecular formula is C6H14N2O2. The SMILES string of the molecule is CCC1NO[NH+]([O-])C1CC. The second-order valence-corrected chi connectivity index (χ2v) is 2.57. The normalized spacial score (nSPS) is 40.5. The van der Waals surface area contributed by atoms with Crippen LogP contribution in [0.3, 0.4) is 0 Å². The van der Waals surface area contributed by atoms with Crippen molar-refractivity contribution in [2.75, 3.05) is 0 Å². The highest BCUT2D eigenvalue weighted by Gasteiger charge is 2.32. The zero-order valence-electron chi connectivity index (χ0n) is 6.39. The average molecular weight is 146 g/mol. The lowest BCUT2D eigenvalue weighted by Crippen LogP contribution is -3.08. The average Bonchev–Trinajstić information content (AvgIpc) is 2.30. The van der Waals surface area contributed by atoms with Gasteiger partial charge in [-0.1, -0.05) is 13.8 Å². The first-order valence-electron chi connectivity index (χ1n) is 3.75. The van der Waals surface area contributed by atoms with Crippen molar-refractivity contribution in [1.82, 2.24) is 5.48 Å². The maximum absolute atomic E-state index is 10.9. The van der Waals surface area contributed by atoms with Gasteiger partial charge in [0.2, 0.25) is 0 Å². The molecule has 4 heteroatoms. The van der Waals surface area contributed by atoms with Crippen molar-refractivity contribution in [3.8, 4) is 0 Å². The van der Waals surface area contributed by atoms with Crippen LogP contribution in [-0.4, -0.2) is 12.1 Å². The molecule has 0 aliphatic carbocycles. The third kappa shape index (κ3) is 1.29. The second-order valence-electron chi connectivity index (χ2n) is 2.57. The number of rotatable bonds is 2. The Morgan fingerprint density at radius 1 is 1.50 bits per heavy atom. The molecule has 10 heavy (non-hydrogen) atoms. The Kier molecular flexibility index (Phi) is 2.62. The van der Waals surface area contributed by atoms with Gasteiger partial charge in [0.1, 0.15) is 6.04 Å². The van der Waals surface area contributed by atoms with E-state index in [2.05, 4.69) is 10.4 Å². The van der Waals surface area contributed by atoms with Crippen LogP contribution in [-0.2, 0) is 4.94 Å². The Balaban J connectivity index is 2.45. The molecule has 0 saturated carbocycles. The van der Waals surface area contributed by atoms with Crippen molar-refractivity contribution >= 4 is 0 Å². The van der Waals surface area contributed by atoms with Gasteiger partial charge in [-0.15, -0.1) is 10.4 Å². The highest BCUT2D eigenvalue weighted by molar-refractivity contribution is 4.71. The van der Waals surface area contributed by atoms with Gasteiger partial charge in [-0.05, 0) is 6.42 Å². The van der Waals surface area contributed by atoms with E-state index in [4.69, 9.17) is 0 Å². The van der Waals surface area contributed by atoms with Gasteiger partial charge in [0.25, 0.3) is 0 Å². The smallest absolute Gasteiger partial charge is 0.136 e. The number of quaternary nitrogens is 1. The van der Waals surface area contributed by atoms with E-state index in [-0.39, 0.29) is 17.3 Å². The van der Waals surface area contributed by atoms with Crippen molar-refractivity contribution in [3.63, 3.8) is 0 Å². The summed E-state index contributed by atoms with van der Waals surface area (Å²) < 4.78 is 0. The Morgan fingerprint density at radius 2 is 2.20 bits per heavy atom. The van der Waals surface area contributed by atoms with Crippen LogP contribution in [0.4, 0.5) is 0 Å². The van der Waals surface area contributed by atoms with Crippen molar-refractivity contribution in [2.24, 2.45) is 0 Å². The molecule has 1 saturated heterocycles. The molecular weight excluding hydrogens is 132 g/mol. The van der Waals surface area contributed by atoms with E-state index in [1.807, 2.05) is 13.8 Å². The van der Waals surface area contributed by atoms with Gasteiger partial charge in [-0.25, -0.2) is 0 Å². The van der Waals surface area contributed by atoms with Crippen LogP contribution in [0.2, 0.25) is 0 Å². The predicted octanol–water partition coefficient (Wildman–Crippen LogP) is -0.624. The fraction of sp³-hybridized carbons (Fsp3) is 1.00. The van der Waals surface area contributed by atoms with Crippen LogP contribution in [0.25, 0.3) is 0 Å². The van der Waals surface area contributed by atoms with Crippen LogP contribution in [0.15, 0.2) is 0 Å². The molecule has 3 atom stereocenters. The molecule has 1 rings (SSSR count). The van der Waals surface area contributed by atoms with Crippen LogP contribution < -0.4 is 10.7 Å². The lowest BCUT2D eigenvalue weighted by atomic mass is 10.1. The maximum Gasteiger partial charge on any atom is 0.136 e. The molecule has 0 aromatic rings. The van der Waals surface area contributed by atoms with Gasteiger partial charge < -0.3 is 5.21 Å². The third-order valence-electron chi connectivity index (χ3n) is 1.98. The quantitative estimate of drug-likeness (QED) is 0.510. The first kappa shape index (κ1) is 7.94. The molecule has 60 valence electrons. The summed E-state index contributed by atoms with van der Waals surface area (Å²) in [4.78, 5) is 4.67. The molecule has 1 aliphatic rings. The van der Waals surface area contributed by atoms with E-state index in [0.717, 1.165) is 12.8 Å². The van der Waals surface area contributed by atoms with Gasteiger partial charge in [0.15, 0.2) is 0 Å². The fourth-order valence-corrected chi connectivity index (χ4v) is 1.27. The Labute approximate surface area is 60.6 Å². The number of nitrogens with one attached hydrogen (secondary N) is 2. The second kappa shape index (κ2) is 3.30. The first-order valence-corrected chi connectivity index (χ1v) is 3.75. The summed E-state index contributed by atoms with van der Waals surface area (Å²) in [6.07, 6.45) is 1.81. The molecule has 0 aromatic carbocycles. The molecule has 0 bridgehead atoms. The van der Waals surface area contributed by atoms with E-state index in [1.54, 1.807) is 0 Å². The Morgan fingerprint density at radius 3 is 2.60 bits per heavy atom. The van der Waals surface area contributed by atoms with Gasteiger partial charge in [-0.2, -0.15) is 5.23 Å². The number of hydrogen-bond donors (Lipinski definition) is 2. The summed E-state index contributed by atoms with van der Waals surface area (Å²) >= 11 is 0. The molecule has 1 aliphatic heterocycles. The molecule has 0 spiro atoms. The van der Waals surface area contributed by atoms with E-state index in [9.17, 15) is 5.21 Å². The van der Waals surface area contributed by atoms with Crippen molar-refractivity contribution in [1.29, 1.82) is 0 Å². The zero-order chi connectivity index (χ0) is 7.56. The summed E-state index contributed by atoms with van der Waals surface area (Å²) in [5.41, 5.74) is 2.71. The topological polar surface area (TPSA) is 48.8 Å². The Bertz CT molecular complexity index is 110. The first-order chi connectivity index (χ1) is 4.79. The van der Waals surface area contributed by atoms with Gasteiger partial charge >= 0.3 is 0 Å². The molecule has 0 amide bonds. The van der Waals surface area contributed by atoms with Gasteiger partial charge in [0.05, 0.1) is 6.04 Å². The summed E-state index contributed by atoms with van der Waals surface area (Å²) in [5, 5.41) is 10.8. The zero-order valence-corrected chi connectivity index (χ0v) is 6.39. The van der Waals surface area contributed by atoms with Gasteiger partial charge in [-0.3, -0.25) is 0 Å². The van der Waals surface area contributed by atoms with Crippen molar-refractivity contribution in [2.45, 2.75) is 38.8 Å². The largest absolute Gasteiger partial charge is 0.598 e. The highest BCUT2D eigenvalue weighted by atomic mass is 17.0. The van der Waals surface area contributed by atoms with Crippen molar-refractivity contribution in [3.05, 3.63) is 5.21 Å². The van der Waals surface area contributed by atoms with E-state index in [0.29, 0.717) is 0 Å². The van der Waals surface area contributed by atoms with Crippen molar-refractivity contribution < 1.29 is 10.2 Å². The van der Waals surface area contributed by atoms with E-state index < -0.39 is 0 Å². The van der Waals surface area contributed by atoms with Crippen LogP contribution in [0.1, 0.15) is 26.7 Å². The minimum Gasteiger partial charge on any atom is -0.598 e. The predicted molar refractivity (Wildman–Crippen MR) is 36.7 cm³/mol. The summed E-state index contributed by atoms with van der Waals surface area (Å²) in [7, 11) is 0. The minimum atomic E-state index is -0.102. The molecule has 0 radical (unpaired) electrons. The molecule has 1 heterocycles. The van der Waals surface area contributed by atoms with Crippen LogP contribution in [0, 0.1) is 5.21 Å². The van der Waals surface area contributed by atoms with Crippen LogP contribution in [0.5, 0.6) is 0 Å². The fourth-order valence-electron chi connectivity index (χ4n) is 1.27. The minimum absolute atomic E-state index is 0.0741. The monoisotopic (exact) mass is 146 g/mol. The number of hydroxylamine groups is 3. The molecule has 4 nitrogen and oxygen atoms in total. The Hall–Kier alpha value is -0.160. The lowest BCUT2D eigenvalue weighted by molar-refractivity contribution is -1.06. The summed E-state index contributed by atoms with van der Waals surface area (Å²) in [6, 6.07) is 0.308. The molecule has 2 N–H and O–H groups in total. The number of hydrogen-bond acceptors (Lipinski definition) is 3.